The summed E-state index contributed by atoms with van der Waals surface area (Å²) in [6, 6.07) is 18.6. The number of hydrogen-bond acceptors (Lipinski definition) is 5. The van der Waals surface area contributed by atoms with Crippen molar-refractivity contribution in [2.45, 2.75) is 13.5 Å². The molecule has 4 rings (SSSR count). The first-order valence-corrected chi connectivity index (χ1v) is 9.67. The SMILES string of the molecule is CCOc1cc(C(=O)Nc2cnc3ccccc3c2)ccc1OCc1cccnc1. The minimum Gasteiger partial charge on any atom is -0.490 e. The van der Waals surface area contributed by atoms with Gasteiger partial charge in [-0.3, -0.25) is 14.8 Å². The quantitative estimate of drug-likeness (QED) is 0.480. The zero-order valence-corrected chi connectivity index (χ0v) is 16.5. The lowest BCUT2D eigenvalue weighted by molar-refractivity contribution is 0.102. The van der Waals surface area contributed by atoms with Gasteiger partial charge < -0.3 is 14.8 Å². The number of anilines is 1. The van der Waals surface area contributed by atoms with Gasteiger partial charge in [0.2, 0.25) is 0 Å². The van der Waals surface area contributed by atoms with E-state index >= 15 is 0 Å². The van der Waals surface area contributed by atoms with Crippen LogP contribution in [-0.4, -0.2) is 22.5 Å². The molecule has 0 fully saturated rings. The number of rotatable bonds is 7. The maximum Gasteiger partial charge on any atom is 0.255 e. The number of para-hydroxylation sites is 1. The van der Waals surface area contributed by atoms with Gasteiger partial charge in [-0.05, 0) is 43.3 Å². The molecular weight excluding hydrogens is 378 g/mol. The fourth-order valence-corrected chi connectivity index (χ4v) is 3.02. The largest absolute Gasteiger partial charge is 0.490 e. The zero-order chi connectivity index (χ0) is 20.8. The second-order valence-corrected chi connectivity index (χ2v) is 6.62. The average molecular weight is 399 g/mol. The summed E-state index contributed by atoms with van der Waals surface area (Å²) in [6.45, 7) is 2.71. The maximum atomic E-state index is 12.8. The van der Waals surface area contributed by atoms with E-state index in [4.69, 9.17) is 9.47 Å². The molecule has 0 atom stereocenters. The van der Waals surface area contributed by atoms with E-state index in [2.05, 4.69) is 15.3 Å². The average Bonchev–Trinajstić information content (AvgIpc) is 2.79. The summed E-state index contributed by atoms with van der Waals surface area (Å²) >= 11 is 0. The fraction of sp³-hybridized carbons (Fsp3) is 0.125. The van der Waals surface area contributed by atoms with Crippen LogP contribution in [0.4, 0.5) is 5.69 Å². The number of amides is 1. The highest BCUT2D eigenvalue weighted by atomic mass is 16.5. The van der Waals surface area contributed by atoms with Crippen LogP contribution in [-0.2, 0) is 6.61 Å². The molecular formula is C24H21N3O3. The number of aromatic nitrogens is 2. The summed E-state index contributed by atoms with van der Waals surface area (Å²) in [5, 5.41) is 3.85. The molecule has 1 amide bonds. The standard InChI is InChI=1S/C24H21N3O3/c1-2-29-23-13-19(9-10-22(23)30-16-17-6-5-11-25-14-17)24(28)27-20-12-18-7-3-4-8-21(18)26-15-20/h3-15H,2,16H2,1H3,(H,27,28). The molecule has 0 saturated carbocycles. The smallest absolute Gasteiger partial charge is 0.255 e. The van der Waals surface area contributed by atoms with Crippen LogP contribution < -0.4 is 14.8 Å². The van der Waals surface area contributed by atoms with E-state index in [1.165, 1.54) is 0 Å². The third-order valence-electron chi connectivity index (χ3n) is 4.47. The van der Waals surface area contributed by atoms with E-state index < -0.39 is 0 Å². The van der Waals surface area contributed by atoms with Crippen molar-refractivity contribution in [2.24, 2.45) is 0 Å². The molecule has 0 aliphatic heterocycles. The van der Waals surface area contributed by atoms with Crippen LogP contribution in [0.1, 0.15) is 22.8 Å². The van der Waals surface area contributed by atoms with Crippen molar-refractivity contribution in [3.05, 3.63) is 90.4 Å². The van der Waals surface area contributed by atoms with Crippen LogP contribution >= 0.6 is 0 Å². The lowest BCUT2D eigenvalue weighted by Crippen LogP contribution is -2.12. The van der Waals surface area contributed by atoms with Crippen LogP contribution in [0.3, 0.4) is 0 Å². The number of hydrogen-bond donors (Lipinski definition) is 1. The molecule has 30 heavy (non-hydrogen) atoms. The molecule has 0 spiro atoms. The first-order chi connectivity index (χ1) is 14.7. The molecule has 0 radical (unpaired) electrons. The minimum atomic E-state index is -0.244. The van der Waals surface area contributed by atoms with Crippen LogP contribution in [0.25, 0.3) is 10.9 Å². The Bertz CT molecular complexity index is 1160. The van der Waals surface area contributed by atoms with Gasteiger partial charge in [0.25, 0.3) is 5.91 Å². The van der Waals surface area contributed by atoms with Crippen molar-refractivity contribution >= 4 is 22.5 Å². The normalized spacial score (nSPS) is 10.6. The van der Waals surface area contributed by atoms with Gasteiger partial charge in [-0.25, -0.2) is 0 Å². The Morgan fingerprint density at radius 2 is 1.87 bits per heavy atom. The number of carbonyl (C=O) groups is 1. The van der Waals surface area contributed by atoms with E-state index in [1.807, 2.05) is 49.4 Å². The van der Waals surface area contributed by atoms with Crippen LogP contribution in [0.2, 0.25) is 0 Å². The molecule has 150 valence electrons. The summed E-state index contributed by atoms with van der Waals surface area (Å²) in [6.07, 6.45) is 5.11. The van der Waals surface area contributed by atoms with Crippen LogP contribution in [0, 0.1) is 0 Å². The summed E-state index contributed by atoms with van der Waals surface area (Å²) in [7, 11) is 0. The lowest BCUT2D eigenvalue weighted by atomic mass is 10.1. The molecule has 0 bridgehead atoms. The van der Waals surface area contributed by atoms with Gasteiger partial charge in [0, 0.05) is 28.9 Å². The van der Waals surface area contributed by atoms with Crippen molar-refractivity contribution in [1.29, 1.82) is 0 Å². The fourth-order valence-electron chi connectivity index (χ4n) is 3.02. The Morgan fingerprint density at radius 1 is 0.967 bits per heavy atom. The number of ether oxygens (including phenoxy) is 2. The predicted octanol–water partition coefficient (Wildman–Crippen LogP) is 4.86. The molecule has 4 aromatic rings. The molecule has 2 heterocycles. The van der Waals surface area contributed by atoms with Gasteiger partial charge in [0.05, 0.1) is 24.0 Å². The summed E-state index contributed by atoms with van der Waals surface area (Å²) in [4.78, 5) is 21.2. The highest BCUT2D eigenvalue weighted by molar-refractivity contribution is 6.05. The Hall–Kier alpha value is -3.93. The first-order valence-electron chi connectivity index (χ1n) is 9.67. The van der Waals surface area contributed by atoms with E-state index in [0.29, 0.717) is 36.0 Å². The number of carbonyl (C=O) groups excluding carboxylic acids is 1. The van der Waals surface area contributed by atoms with Gasteiger partial charge >= 0.3 is 0 Å². The van der Waals surface area contributed by atoms with Crippen molar-refractivity contribution in [2.75, 3.05) is 11.9 Å². The van der Waals surface area contributed by atoms with Gasteiger partial charge in [-0.2, -0.15) is 0 Å². The van der Waals surface area contributed by atoms with Gasteiger partial charge in [0.15, 0.2) is 11.5 Å². The molecule has 6 nitrogen and oxygen atoms in total. The second kappa shape index (κ2) is 9.05. The topological polar surface area (TPSA) is 73.3 Å². The van der Waals surface area contributed by atoms with Crippen LogP contribution in [0.5, 0.6) is 11.5 Å². The zero-order valence-electron chi connectivity index (χ0n) is 16.5. The Balaban J connectivity index is 1.51. The summed E-state index contributed by atoms with van der Waals surface area (Å²) < 4.78 is 11.6. The highest BCUT2D eigenvalue weighted by Crippen LogP contribution is 2.29. The molecule has 0 aliphatic carbocycles. The van der Waals surface area contributed by atoms with E-state index in [-0.39, 0.29) is 5.91 Å². The molecule has 1 N–H and O–H groups in total. The number of benzene rings is 2. The monoisotopic (exact) mass is 399 g/mol. The van der Waals surface area contributed by atoms with Gasteiger partial charge in [0.1, 0.15) is 6.61 Å². The predicted molar refractivity (Wildman–Crippen MR) is 116 cm³/mol. The molecule has 0 unspecified atom stereocenters. The Morgan fingerprint density at radius 3 is 2.70 bits per heavy atom. The van der Waals surface area contributed by atoms with Crippen molar-refractivity contribution in [3.8, 4) is 11.5 Å². The van der Waals surface area contributed by atoms with Crippen LogP contribution in [0.15, 0.2) is 79.3 Å². The van der Waals surface area contributed by atoms with Crippen molar-refractivity contribution in [3.63, 3.8) is 0 Å². The molecule has 0 aliphatic rings. The van der Waals surface area contributed by atoms with Gasteiger partial charge in [-0.1, -0.05) is 24.3 Å². The number of fused-ring (bicyclic) bond motifs is 1. The third kappa shape index (κ3) is 4.55. The Labute approximate surface area is 174 Å². The van der Waals surface area contributed by atoms with E-state index in [9.17, 15) is 4.79 Å². The summed E-state index contributed by atoms with van der Waals surface area (Å²) in [5.74, 6) is 0.849. The number of nitrogens with zero attached hydrogens (tertiary/aromatic N) is 2. The summed E-state index contributed by atoms with van der Waals surface area (Å²) in [5.41, 5.74) is 2.93. The highest BCUT2D eigenvalue weighted by Gasteiger charge is 2.13. The van der Waals surface area contributed by atoms with Crippen molar-refractivity contribution < 1.29 is 14.3 Å². The van der Waals surface area contributed by atoms with E-state index in [0.717, 1.165) is 16.5 Å². The first kappa shape index (κ1) is 19.4. The van der Waals surface area contributed by atoms with Gasteiger partial charge in [-0.15, -0.1) is 0 Å². The van der Waals surface area contributed by atoms with E-state index in [1.54, 1.807) is 36.8 Å². The molecule has 0 saturated heterocycles. The number of pyridine rings is 2. The minimum absolute atomic E-state index is 0.244. The second-order valence-electron chi connectivity index (χ2n) is 6.62. The molecule has 2 aromatic heterocycles. The molecule has 2 aromatic carbocycles. The van der Waals surface area contributed by atoms with Crippen molar-refractivity contribution in [1.82, 2.24) is 9.97 Å². The maximum absolute atomic E-state index is 12.8. The Kier molecular flexibility index (Phi) is 5.85. The number of nitrogens with one attached hydrogen (secondary N) is 1. The third-order valence-corrected chi connectivity index (χ3v) is 4.47. The molecule has 6 heteroatoms. The lowest BCUT2D eigenvalue weighted by Gasteiger charge is -2.13.